The first kappa shape index (κ1) is 33.1. The Balaban J connectivity index is 1.73. The van der Waals surface area contributed by atoms with Crippen LogP contribution in [0, 0.1) is 0 Å². The molecule has 0 saturated heterocycles. The van der Waals surface area contributed by atoms with Crippen LogP contribution in [-0.2, 0) is 45.4 Å². The van der Waals surface area contributed by atoms with Crippen molar-refractivity contribution in [2.45, 2.75) is 26.4 Å². The van der Waals surface area contributed by atoms with Gasteiger partial charge in [-0.2, -0.15) is 0 Å². The Bertz CT molecular complexity index is 1910. The van der Waals surface area contributed by atoms with Crippen LogP contribution in [0.1, 0.15) is 22.3 Å². The summed E-state index contributed by atoms with van der Waals surface area (Å²) in [6.07, 6.45) is 0. The normalized spacial score (nSPS) is 11.2. The molecule has 0 aliphatic carbocycles. The lowest BCUT2D eigenvalue weighted by atomic mass is 9.78. The lowest BCUT2D eigenvalue weighted by Crippen LogP contribution is -1.99. The number of benzene rings is 6. The maximum atomic E-state index is 5.47. The van der Waals surface area contributed by atoms with Gasteiger partial charge in [0.15, 0.2) is 0 Å². The number of methoxy groups -OCH3 is 4. The van der Waals surface area contributed by atoms with Crippen LogP contribution in [0.4, 0.5) is 0 Å². The van der Waals surface area contributed by atoms with Crippen LogP contribution in [0.5, 0.6) is 0 Å². The van der Waals surface area contributed by atoms with Crippen LogP contribution in [0.15, 0.2) is 133 Å². The van der Waals surface area contributed by atoms with Gasteiger partial charge in [0.05, 0.1) is 26.4 Å². The Labute approximate surface area is 284 Å². The van der Waals surface area contributed by atoms with Crippen molar-refractivity contribution in [3.05, 3.63) is 156 Å². The van der Waals surface area contributed by atoms with Gasteiger partial charge in [0.1, 0.15) is 0 Å². The SMILES string of the molecule is COCc1ccc(-c2cc(-c3ccc(COC)cc3)c(-c3ccc(COC)cc3)c(-c3ccc(COC)cc3)c2-c2ccccc2)cc1. The molecule has 0 saturated carbocycles. The van der Waals surface area contributed by atoms with Crippen molar-refractivity contribution in [2.75, 3.05) is 28.4 Å². The van der Waals surface area contributed by atoms with Crippen molar-refractivity contribution in [2.24, 2.45) is 0 Å². The van der Waals surface area contributed by atoms with E-state index in [2.05, 4.69) is 133 Å². The van der Waals surface area contributed by atoms with E-state index < -0.39 is 0 Å². The summed E-state index contributed by atoms with van der Waals surface area (Å²) in [4.78, 5) is 0. The molecule has 0 aromatic heterocycles. The third-order valence-corrected chi connectivity index (χ3v) is 8.65. The maximum absolute atomic E-state index is 5.47. The maximum Gasteiger partial charge on any atom is 0.0713 e. The monoisotopic (exact) mass is 634 g/mol. The third kappa shape index (κ3) is 7.33. The summed E-state index contributed by atoms with van der Waals surface area (Å²) < 4.78 is 21.8. The van der Waals surface area contributed by atoms with Gasteiger partial charge in [-0.05, 0) is 84.0 Å². The molecule has 0 aliphatic heterocycles. The summed E-state index contributed by atoms with van der Waals surface area (Å²) in [7, 11) is 6.93. The molecule has 0 fully saturated rings. The lowest BCUT2D eigenvalue weighted by Gasteiger charge is -2.25. The summed E-state index contributed by atoms with van der Waals surface area (Å²) in [5, 5.41) is 0. The van der Waals surface area contributed by atoms with Crippen LogP contribution in [0.3, 0.4) is 0 Å². The quantitative estimate of drug-likeness (QED) is 0.127. The minimum absolute atomic E-state index is 0.562. The van der Waals surface area contributed by atoms with Crippen molar-refractivity contribution in [1.82, 2.24) is 0 Å². The topological polar surface area (TPSA) is 36.9 Å². The minimum atomic E-state index is 0.562. The number of hydrogen-bond acceptors (Lipinski definition) is 4. The lowest BCUT2D eigenvalue weighted by molar-refractivity contribution is 0.185. The summed E-state index contributed by atoms with van der Waals surface area (Å²) in [5.41, 5.74) is 16.1. The van der Waals surface area contributed by atoms with Gasteiger partial charge in [-0.15, -0.1) is 0 Å². The van der Waals surface area contributed by atoms with Gasteiger partial charge in [-0.25, -0.2) is 0 Å². The molecule has 4 heteroatoms. The van der Waals surface area contributed by atoms with E-state index in [0.29, 0.717) is 26.4 Å². The van der Waals surface area contributed by atoms with Gasteiger partial charge < -0.3 is 18.9 Å². The molecule has 6 aromatic rings. The molecular formula is C44H42O4. The van der Waals surface area contributed by atoms with E-state index >= 15 is 0 Å². The van der Waals surface area contributed by atoms with Crippen molar-refractivity contribution in [1.29, 1.82) is 0 Å². The van der Waals surface area contributed by atoms with Crippen LogP contribution in [-0.4, -0.2) is 28.4 Å². The van der Waals surface area contributed by atoms with Crippen LogP contribution >= 0.6 is 0 Å². The number of hydrogen-bond donors (Lipinski definition) is 0. The van der Waals surface area contributed by atoms with E-state index in [4.69, 9.17) is 18.9 Å². The smallest absolute Gasteiger partial charge is 0.0713 e. The molecule has 0 spiro atoms. The van der Waals surface area contributed by atoms with Gasteiger partial charge in [-0.3, -0.25) is 0 Å². The second-order valence-electron chi connectivity index (χ2n) is 12.0. The van der Waals surface area contributed by atoms with Crippen molar-refractivity contribution in [3.63, 3.8) is 0 Å². The largest absolute Gasteiger partial charge is 0.380 e. The first-order valence-electron chi connectivity index (χ1n) is 16.2. The zero-order valence-electron chi connectivity index (χ0n) is 28.2. The van der Waals surface area contributed by atoms with E-state index in [1.807, 2.05) is 0 Å². The molecule has 242 valence electrons. The highest BCUT2D eigenvalue weighted by molar-refractivity contribution is 6.07. The highest BCUT2D eigenvalue weighted by Crippen LogP contribution is 2.50. The van der Waals surface area contributed by atoms with Gasteiger partial charge in [0, 0.05) is 28.4 Å². The van der Waals surface area contributed by atoms with Gasteiger partial charge in [0.25, 0.3) is 0 Å². The van der Waals surface area contributed by atoms with Crippen molar-refractivity contribution < 1.29 is 18.9 Å². The predicted molar refractivity (Wildman–Crippen MR) is 196 cm³/mol. The molecule has 0 amide bonds. The zero-order valence-corrected chi connectivity index (χ0v) is 28.2. The van der Waals surface area contributed by atoms with E-state index in [1.165, 1.54) is 16.7 Å². The molecule has 0 bridgehead atoms. The fourth-order valence-electron chi connectivity index (χ4n) is 6.39. The fraction of sp³-hybridized carbons (Fsp3) is 0.182. The Morgan fingerprint density at radius 1 is 0.312 bits per heavy atom. The van der Waals surface area contributed by atoms with Gasteiger partial charge in [-0.1, -0.05) is 127 Å². The Morgan fingerprint density at radius 2 is 0.604 bits per heavy atom. The van der Waals surface area contributed by atoms with Crippen molar-refractivity contribution in [3.8, 4) is 55.6 Å². The number of ether oxygens (including phenoxy) is 4. The fourth-order valence-corrected chi connectivity index (χ4v) is 6.39. The molecule has 0 aliphatic rings. The molecule has 48 heavy (non-hydrogen) atoms. The number of rotatable bonds is 13. The summed E-state index contributed by atoms with van der Waals surface area (Å²) in [6.45, 7) is 2.27. The van der Waals surface area contributed by atoms with Crippen LogP contribution in [0.25, 0.3) is 55.6 Å². The van der Waals surface area contributed by atoms with Gasteiger partial charge in [0.2, 0.25) is 0 Å². The van der Waals surface area contributed by atoms with E-state index in [-0.39, 0.29) is 0 Å². The second-order valence-corrected chi connectivity index (χ2v) is 12.0. The summed E-state index contributed by atoms with van der Waals surface area (Å²) in [5.74, 6) is 0. The van der Waals surface area contributed by atoms with Crippen LogP contribution in [0.2, 0.25) is 0 Å². The molecule has 6 rings (SSSR count). The first-order valence-corrected chi connectivity index (χ1v) is 16.2. The van der Waals surface area contributed by atoms with E-state index in [1.54, 1.807) is 28.4 Å². The average molecular weight is 635 g/mol. The van der Waals surface area contributed by atoms with Crippen molar-refractivity contribution >= 4 is 0 Å². The Hall–Kier alpha value is -4.84. The molecule has 4 nitrogen and oxygen atoms in total. The summed E-state index contributed by atoms with van der Waals surface area (Å²) in [6, 6.07) is 48.2. The summed E-state index contributed by atoms with van der Waals surface area (Å²) >= 11 is 0. The Morgan fingerprint density at radius 3 is 0.938 bits per heavy atom. The second kappa shape index (κ2) is 15.8. The first-order chi connectivity index (χ1) is 23.6. The van der Waals surface area contributed by atoms with E-state index in [9.17, 15) is 0 Å². The Kier molecular flexibility index (Phi) is 10.9. The predicted octanol–water partition coefficient (Wildman–Crippen LogP) is 10.6. The average Bonchev–Trinajstić information content (AvgIpc) is 3.13. The molecular weight excluding hydrogens is 592 g/mol. The third-order valence-electron chi connectivity index (χ3n) is 8.65. The standard InChI is InChI=1S/C44H42O4/c1-45-27-31-10-18-35(19-11-31)40-26-41(36-20-12-32(13-21-36)28-46-2)43(38-22-14-33(15-23-38)29-47-3)44(42(40)37-8-6-5-7-9-37)39-24-16-34(17-25-39)30-48-4/h5-26H,27-30H2,1-4H3. The van der Waals surface area contributed by atoms with Gasteiger partial charge >= 0.3 is 0 Å². The molecule has 0 unspecified atom stereocenters. The molecule has 6 aromatic carbocycles. The zero-order chi connectivity index (χ0) is 33.3. The highest BCUT2D eigenvalue weighted by Gasteiger charge is 2.24. The minimum Gasteiger partial charge on any atom is -0.380 e. The molecule has 0 radical (unpaired) electrons. The highest BCUT2D eigenvalue weighted by atomic mass is 16.5. The molecule has 0 atom stereocenters. The van der Waals surface area contributed by atoms with Crippen LogP contribution < -0.4 is 0 Å². The van der Waals surface area contributed by atoms with E-state index in [0.717, 1.165) is 61.2 Å². The molecule has 0 N–H and O–H groups in total. The molecule has 0 heterocycles.